The van der Waals surface area contributed by atoms with E-state index in [-0.39, 0.29) is 16.3 Å². The van der Waals surface area contributed by atoms with Crippen LogP contribution < -0.4 is 5.56 Å². The van der Waals surface area contributed by atoms with Crippen LogP contribution in [0.3, 0.4) is 0 Å². The topological polar surface area (TPSA) is 63.8 Å². The summed E-state index contributed by atoms with van der Waals surface area (Å²) in [6.45, 7) is 6.87. The van der Waals surface area contributed by atoms with Gasteiger partial charge in [0.2, 0.25) is 0 Å². The molecule has 0 unspecified atom stereocenters. The Morgan fingerprint density at radius 2 is 2.21 bits per heavy atom. The van der Waals surface area contributed by atoms with Gasteiger partial charge in [-0.25, -0.2) is 5.10 Å². The minimum absolute atomic E-state index is 0.0849. The first-order valence-electron chi connectivity index (χ1n) is 6.34. The van der Waals surface area contributed by atoms with Crippen LogP contribution in [0.15, 0.2) is 21.3 Å². The SMILES string of the molecule is CCCn1c(C(C)C)ccc(-c2n[nH]c(=S)o2)c1=O. The predicted octanol–water partition coefficient (Wildman–Crippen LogP) is 3.09. The van der Waals surface area contributed by atoms with Crippen molar-refractivity contribution in [2.75, 3.05) is 0 Å². The lowest BCUT2D eigenvalue weighted by Crippen LogP contribution is -2.25. The summed E-state index contributed by atoms with van der Waals surface area (Å²) in [5.41, 5.74) is 1.37. The summed E-state index contributed by atoms with van der Waals surface area (Å²) >= 11 is 4.83. The number of aromatic nitrogens is 3. The molecule has 1 N–H and O–H groups in total. The number of pyridine rings is 1. The van der Waals surface area contributed by atoms with E-state index in [1.54, 1.807) is 10.6 Å². The molecular formula is C13H17N3O2S. The van der Waals surface area contributed by atoms with Crippen LogP contribution in [0.4, 0.5) is 0 Å². The normalized spacial score (nSPS) is 11.2. The van der Waals surface area contributed by atoms with Crippen molar-refractivity contribution >= 4 is 12.2 Å². The Morgan fingerprint density at radius 1 is 1.47 bits per heavy atom. The Balaban J connectivity index is 2.62. The quantitative estimate of drug-likeness (QED) is 0.873. The fraction of sp³-hybridized carbons (Fsp3) is 0.462. The highest BCUT2D eigenvalue weighted by Gasteiger charge is 2.15. The van der Waals surface area contributed by atoms with Crippen molar-refractivity contribution in [2.24, 2.45) is 0 Å². The van der Waals surface area contributed by atoms with Crippen molar-refractivity contribution in [1.29, 1.82) is 0 Å². The minimum Gasteiger partial charge on any atom is -0.409 e. The maximum Gasteiger partial charge on any atom is 0.284 e. The van der Waals surface area contributed by atoms with Crippen LogP contribution >= 0.6 is 12.2 Å². The van der Waals surface area contributed by atoms with Gasteiger partial charge < -0.3 is 8.98 Å². The smallest absolute Gasteiger partial charge is 0.284 e. The van der Waals surface area contributed by atoms with Crippen molar-refractivity contribution in [3.8, 4) is 11.5 Å². The molecule has 19 heavy (non-hydrogen) atoms. The van der Waals surface area contributed by atoms with E-state index in [0.29, 0.717) is 18.0 Å². The molecule has 0 aromatic carbocycles. The van der Waals surface area contributed by atoms with Crippen molar-refractivity contribution in [2.45, 2.75) is 39.7 Å². The molecule has 0 saturated carbocycles. The fourth-order valence-electron chi connectivity index (χ4n) is 2.06. The molecule has 2 rings (SSSR count). The molecule has 5 nitrogen and oxygen atoms in total. The average molecular weight is 279 g/mol. The molecule has 102 valence electrons. The monoisotopic (exact) mass is 279 g/mol. The Kier molecular flexibility index (Phi) is 3.99. The first kappa shape index (κ1) is 13.7. The molecular weight excluding hydrogens is 262 g/mol. The molecule has 0 fully saturated rings. The standard InChI is InChI=1S/C13H17N3O2S/c1-4-7-16-10(8(2)3)6-5-9(12(16)17)11-14-15-13(19)18-11/h5-6,8H,4,7H2,1-3H3,(H,15,19). The zero-order chi connectivity index (χ0) is 14.0. The lowest BCUT2D eigenvalue weighted by atomic mass is 10.1. The van der Waals surface area contributed by atoms with E-state index in [1.807, 2.05) is 13.0 Å². The summed E-state index contributed by atoms with van der Waals surface area (Å²) in [6, 6.07) is 3.70. The Hall–Kier alpha value is -1.69. The summed E-state index contributed by atoms with van der Waals surface area (Å²) in [4.78, 5) is 12.7. The molecule has 2 heterocycles. The van der Waals surface area contributed by atoms with E-state index in [0.717, 1.165) is 12.1 Å². The number of rotatable bonds is 4. The number of nitrogens with zero attached hydrogens (tertiary/aromatic N) is 2. The summed E-state index contributed by atoms with van der Waals surface area (Å²) in [5, 5.41) is 6.45. The molecule has 6 heteroatoms. The third-order valence-electron chi connectivity index (χ3n) is 2.92. The van der Waals surface area contributed by atoms with E-state index < -0.39 is 0 Å². The van der Waals surface area contributed by atoms with E-state index in [9.17, 15) is 4.79 Å². The number of hydrogen-bond donors (Lipinski definition) is 1. The van der Waals surface area contributed by atoms with Crippen LogP contribution in [0.1, 0.15) is 38.8 Å². The molecule has 0 radical (unpaired) electrons. The summed E-state index contributed by atoms with van der Waals surface area (Å²) in [6.07, 6.45) is 0.896. The van der Waals surface area contributed by atoms with Gasteiger partial charge in [0, 0.05) is 12.2 Å². The summed E-state index contributed by atoms with van der Waals surface area (Å²) < 4.78 is 7.00. The van der Waals surface area contributed by atoms with E-state index in [2.05, 4.69) is 24.0 Å². The Bertz CT molecular complexity index is 682. The van der Waals surface area contributed by atoms with Gasteiger partial charge in [0.25, 0.3) is 16.3 Å². The van der Waals surface area contributed by atoms with Gasteiger partial charge >= 0.3 is 0 Å². The van der Waals surface area contributed by atoms with Gasteiger partial charge in [0.05, 0.1) is 0 Å². The molecule has 0 aliphatic rings. The zero-order valence-electron chi connectivity index (χ0n) is 11.3. The first-order chi connectivity index (χ1) is 9.04. The van der Waals surface area contributed by atoms with Gasteiger partial charge in [-0.1, -0.05) is 20.8 Å². The molecule has 0 aliphatic carbocycles. The second-order valence-corrected chi connectivity index (χ2v) is 5.07. The predicted molar refractivity (Wildman–Crippen MR) is 75.8 cm³/mol. The number of aromatic amines is 1. The highest BCUT2D eigenvalue weighted by molar-refractivity contribution is 7.71. The van der Waals surface area contributed by atoms with Gasteiger partial charge in [-0.15, -0.1) is 5.10 Å². The Morgan fingerprint density at radius 3 is 2.74 bits per heavy atom. The van der Waals surface area contributed by atoms with E-state index >= 15 is 0 Å². The second-order valence-electron chi connectivity index (χ2n) is 4.70. The lowest BCUT2D eigenvalue weighted by Gasteiger charge is -2.15. The fourth-order valence-corrected chi connectivity index (χ4v) is 2.18. The highest BCUT2D eigenvalue weighted by atomic mass is 32.1. The number of H-pyrrole nitrogens is 1. The molecule has 0 saturated heterocycles. The molecule has 0 amide bonds. The molecule has 2 aromatic rings. The maximum atomic E-state index is 12.5. The molecule has 0 spiro atoms. The molecule has 0 bridgehead atoms. The minimum atomic E-state index is -0.0849. The van der Waals surface area contributed by atoms with Crippen LogP contribution in [0, 0.1) is 4.84 Å². The van der Waals surface area contributed by atoms with Crippen molar-refractivity contribution < 1.29 is 4.42 Å². The van der Waals surface area contributed by atoms with Crippen molar-refractivity contribution in [3.05, 3.63) is 33.0 Å². The molecule has 0 aliphatic heterocycles. The van der Waals surface area contributed by atoms with Crippen LogP contribution in [0.25, 0.3) is 11.5 Å². The van der Waals surface area contributed by atoms with Gasteiger partial charge in [-0.3, -0.25) is 4.79 Å². The van der Waals surface area contributed by atoms with E-state index in [1.165, 1.54) is 0 Å². The summed E-state index contributed by atoms with van der Waals surface area (Å²) in [7, 11) is 0. The van der Waals surface area contributed by atoms with Crippen LogP contribution in [0.2, 0.25) is 0 Å². The number of hydrogen-bond acceptors (Lipinski definition) is 4. The zero-order valence-corrected chi connectivity index (χ0v) is 12.1. The lowest BCUT2D eigenvalue weighted by molar-refractivity contribution is 0.546. The molecule has 2 aromatic heterocycles. The Labute approximate surface area is 116 Å². The van der Waals surface area contributed by atoms with Crippen LogP contribution in [-0.2, 0) is 6.54 Å². The van der Waals surface area contributed by atoms with Gasteiger partial charge in [0.15, 0.2) is 0 Å². The highest BCUT2D eigenvalue weighted by Crippen LogP contribution is 2.18. The van der Waals surface area contributed by atoms with E-state index in [4.69, 9.17) is 16.6 Å². The molecule has 0 atom stereocenters. The second kappa shape index (κ2) is 5.52. The number of nitrogens with one attached hydrogen (secondary N) is 1. The first-order valence-corrected chi connectivity index (χ1v) is 6.75. The third kappa shape index (κ3) is 2.68. The maximum absolute atomic E-state index is 12.5. The van der Waals surface area contributed by atoms with Gasteiger partial charge in [0.1, 0.15) is 5.56 Å². The van der Waals surface area contributed by atoms with Gasteiger partial charge in [-0.05, 0) is 36.7 Å². The van der Waals surface area contributed by atoms with Gasteiger partial charge in [-0.2, -0.15) is 0 Å². The van der Waals surface area contributed by atoms with Crippen LogP contribution in [-0.4, -0.2) is 14.8 Å². The van der Waals surface area contributed by atoms with Crippen molar-refractivity contribution in [3.63, 3.8) is 0 Å². The third-order valence-corrected chi connectivity index (χ3v) is 3.09. The van der Waals surface area contributed by atoms with Crippen molar-refractivity contribution in [1.82, 2.24) is 14.8 Å². The average Bonchev–Trinajstić information content (AvgIpc) is 2.78. The van der Waals surface area contributed by atoms with Crippen LogP contribution in [0.5, 0.6) is 0 Å². The largest absolute Gasteiger partial charge is 0.409 e. The summed E-state index contributed by atoms with van der Waals surface area (Å²) in [5.74, 6) is 0.536.